The van der Waals surface area contributed by atoms with E-state index in [2.05, 4.69) is 16.3 Å². The number of hydrogen-bond acceptors (Lipinski definition) is 6. The van der Waals surface area contributed by atoms with E-state index in [-0.39, 0.29) is 30.0 Å². The first kappa shape index (κ1) is 26.5. The standard InChI is InChI=1S/C28H36N4O5/c1-18(2)37-17-31-15-19(3)32(28(35)36-5)25-11-10-23(14-26(25)31)21-6-8-22(9-7-21)27(34)30-13-12-24(16-30)29-20(4)33/h6-11,14,18-19,24H,12-13,15-17H2,1-5H3,(H,29,33)/t19-,24+/m0/s1. The summed E-state index contributed by atoms with van der Waals surface area (Å²) in [6.45, 7) is 9.65. The highest BCUT2D eigenvalue weighted by Crippen LogP contribution is 2.39. The number of fused-ring (bicyclic) bond motifs is 1. The van der Waals surface area contributed by atoms with Crippen LogP contribution in [0.1, 0.15) is 44.5 Å². The van der Waals surface area contributed by atoms with E-state index in [0.717, 1.165) is 28.9 Å². The van der Waals surface area contributed by atoms with Crippen LogP contribution in [0.2, 0.25) is 0 Å². The Balaban J connectivity index is 1.57. The van der Waals surface area contributed by atoms with E-state index in [1.54, 1.807) is 9.80 Å². The molecule has 4 rings (SSSR count). The molecule has 2 aliphatic rings. The molecule has 9 nitrogen and oxygen atoms in total. The summed E-state index contributed by atoms with van der Waals surface area (Å²) in [5, 5.41) is 2.89. The Labute approximate surface area is 218 Å². The minimum absolute atomic E-state index is 0.00566. The Morgan fingerprint density at radius 2 is 1.73 bits per heavy atom. The number of ether oxygens (including phenoxy) is 2. The van der Waals surface area contributed by atoms with Gasteiger partial charge in [-0.3, -0.25) is 14.5 Å². The summed E-state index contributed by atoms with van der Waals surface area (Å²) in [6.07, 6.45) is 0.447. The minimum atomic E-state index is -0.392. The Morgan fingerprint density at radius 3 is 2.38 bits per heavy atom. The molecule has 2 atom stereocenters. The van der Waals surface area contributed by atoms with Gasteiger partial charge in [-0.15, -0.1) is 0 Å². The van der Waals surface area contributed by atoms with E-state index in [0.29, 0.717) is 31.9 Å². The molecule has 0 saturated carbocycles. The number of likely N-dealkylation sites (tertiary alicyclic amines) is 1. The molecule has 2 aliphatic heterocycles. The van der Waals surface area contributed by atoms with Crippen LogP contribution in [0.15, 0.2) is 42.5 Å². The van der Waals surface area contributed by atoms with Crippen molar-refractivity contribution in [2.24, 2.45) is 0 Å². The van der Waals surface area contributed by atoms with Crippen molar-refractivity contribution >= 4 is 29.3 Å². The van der Waals surface area contributed by atoms with Crippen LogP contribution < -0.4 is 15.1 Å². The van der Waals surface area contributed by atoms with Crippen LogP contribution in [0.3, 0.4) is 0 Å². The van der Waals surface area contributed by atoms with Crippen molar-refractivity contribution in [1.82, 2.24) is 10.2 Å². The van der Waals surface area contributed by atoms with Crippen molar-refractivity contribution in [3.63, 3.8) is 0 Å². The quantitative estimate of drug-likeness (QED) is 0.637. The number of hydrogen-bond donors (Lipinski definition) is 1. The lowest BCUT2D eigenvalue weighted by molar-refractivity contribution is -0.119. The highest BCUT2D eigenvalue weighted by atomic mass is 16.5. The van der Waals surface area contributed by atoms with Crippen LogP contribution in [-0.2, 0) is 14.3 Å². The number of carbonyl (C=O) groups is 3. The van der Waals surface area contributed by atoms with E-state index in [9.17, 15) is 14.4 Å². The molecule has 2 aromatic rings. The van der Waals surface area contributed by atoms with Gasteiger partial charge in [0.05, 0.1) is 30.6 Å². The van der Waals surface area contributed by atoms with E-state index >= 15 is 0 Å². The zero-order valence-corrected chi connectivity index (χ0v) is 22.2. The number of nitrogens with zero attached hydrogens (tertiary/aromatic N) is 3. The Morgan fingerprint density at radius 1 is 1.03 bits per heavy atom. The van der Waals surface area contributed by atoms with Crippen LogP contribution in [0.25, 0.3) is 11.1 Å². The molecular formula is C28H36N4O5. The second-order valence-electron chi connectivity index (χ2n) is 9.97. The molecule has 0 spiro atoms. The first-order chi connectivity index (χ1) is 17.7. The molecule has 37 heavy (non-hydrogen) atoms. The van der Waals surface area contributed by atoms with Gasteiger partial charge in [-0.05, 0) is 62.6 Å². The maximum Gasteiger partial charge on any atom is 0.414 e. The summed E-state index contributed by atoms with van der Waals surface area (Å²) in [5.41, 5.74) is 4.21. The van der Waals surface area contributed by atoms with Gasteiger partial charge in [0.25, 0.3) is 5.91 Å². The second-order valence-corrected chi connectivity index (χ2v) is 9.97. The van der Waals surface area contributed by atoms with Crippen molar-refractivity contribution in [3.05, 3.63) is 48.0 Å². The van der Waals surface area contributed by atoms with Crippen LogP contribution in [0, 0.1) is 0 Å². The zero-order valence-electron chi connectivity index (χ0n) is 22.2. The summed E-state index contributed by atoms with van der Waals surface area (Å²) in [7, 11) is 1.39. The summed E-state index contributed by atoms with van der Waals surface area (Å²) in [4.78, 5) is 42.5. The SMILES string of the molecule is COC(=O)N1c2ccc(-c3ccc(C(=O)N4CC[C@@H](NC(C)=O)C4)cc3)cc2N(COC(C)C)C[C@@H]1C. The normalized spacial score (nSPS) is 19.1. The number of nitrogens with one attached hydrogen (secondary N) is 1. The molecule has 0 aromatic heterocycles. The van der Waals surface area contributed by atoms with Crippen molar-refractivity contribution in [1.29, 1.82) is 0 Å². The van der Waals surface area contributed by atoms with Crippen LogP contribution >= 0.6 is 0 Å². The Bertz CT molecular complexity index is 1150. The van der Waals surface area contributed by atoms with Gasteiger partial charge >= 0.3 is 6.09 Å². The highest BCUT2D eigenvalue weighted by Gasteiger charge is 2.33. The number of anilines is 2. The lowest BCUT2D eigenvalue weighted by Crippen LogP contribution is -2.51. The molecule has 3 amide bonds. The lowest BCUT2D eigenvalue weighted by Gasteiger charge is -2.41. The minimum Gasteiger partial charge on any atom is -0.452 e. The zero-order chi connectivity index (χ0) is 26.7. The monoisotopic (exact) mass is 508 g/mol. The molecular weight excluding hydrogens is 472 g/mol. The number of amides is 3. The largest absolute Gasteiger partial charge is 0.452 e. The van der Waals surface area contributed by atoms with Gasteiger partial charge in [-0.25, -0.2) is 4.79 Å². The predicted molar refractivity (Wildman–Crippen MR) is 143 cm³/mol. The Kier molecular flexibility index (Phi) is 8.02. The van der Waals surface area contributed by atoms with E-state index in [1.807, 2.05) is 57.2 Å². The molecule has 2 aromatic carbocycles. The molecule has 0 unspecified atom stereocenters. The van der Waals surface area contributed by atoms with Gasteiger partial charge in [0.2, 0.25) is 5.91 Å². The van der Waals surface area contributed by atoms with Gasteiger partial charge in [-0.2, -0.15) is 0 Å². The molecule has 0 aliphatic carbocycles. The van der Waals surface area contributed by atoms with Crippen LogP contribution in [0.5, 0.6) is 0 Å². The number of benzene rings is 2. The molecule has 2 heterocycles. The van der Waals surface area contributed by atoms with E-state index in [4.69, 9.17) is 9.47 Å². The summed E-state index contributed by atoms with van der Waals surface area (Å²) in [5.74, 6) is -0.114. The summed E-state index contributed by atoms with van der Waals surface area (Å²) in [6, 6.07) is 13.4. The third-order valence-electron chi connectivity index (χ3n) is 6.78. The molecule has 198 valence electrons. The van der Waals surface area contributed by atoms with Gasteiger partial charge in [0.1, 0.15) is 6.73 Å². The average Bonchev–Trinajstić information content (AvgIpc) is 3.34. The number of rotatable bonds is 6. The van der Waals surface area contributed by atoms with Gasteiger partial charge in [0.15, 0.2) is 0 Å². The third-order valence-corrected chi connectivity index (χ3v) is 6.78. The average molecular weight is 509 g/mol. The molecule has 9 heteroatoms. The van der Waals surface area contributed by atoms with Crippen molar-refractivity contribution in [2.75, 3.05) is 43.3 Å². The molecule has 1 saturated heterocycles. The maximum absolute atomic E-state index is 13.0. The highest BCUT2D eigenvalue weighted by molar-refractivity contribution is 5.96. The summed E-state index contributed by atoms with van der Waals surface area (Å²) < 4.78 is 10.9. The fraction of sp³-hybridized carbons (Fsp3) is 0.464. The fourth-order valence-electron chi connectivity index (χ4n) is 4.97. The van der Waals surface area contributed by atoms with Gasteiger partial charge in [-0.1, -0.05) is 18.2 Å². The Hall–Kier alpha value is -3.59. The molecule has 1 N–H and O–H groups in total. The smallest absolute Gasteiger partial charge is 0.414 e. The molecule has 1 fully saturated rings. The van der Waals surface area contributed by atoms with Gasteiger partial charge in [0, 0.05) is 38.2 Å². The van der Waals surface area contributed by atoms with Crippen molar-refractivity contribution < 1.29 is 23.9 Å². The second kappa shape index (κ2) is 11.2. The molecule has 0 radical (unpaired) electrons. The first-order valence-electron chi connectivity index (χ1n) is 12.7. The number of carbonyl (C=O) groups excluding carboxylic acids is 3. The fourth-order valence-corrected chi connectivity index (χ4v) is 4.97. The maximum atomic E-state index is 13.0. The lowest BCUT2D eigenvalue weighted by atomic mass is 10.00. The van der Waals surface area contributed by atoms with E-state index < -0.39 is 6.09 Å². The third kappa shape index (κ3) is 5.88. The van der Waals surface area contributed by atoms with Crippen LogP contribution in [0.4, 0.5) is 16.2 Å². The van der Waals surface area contributed by atoms with Crippen molar-refractivity contribution in [2.45, 2.75) is 52.3 Å². The first-order valence-corrected chi connectivity index (χ1v) is 12.7. The van der Waals surface area contributed by atoms with Crippen LogP contribution in [-0.4, -0.2) is 74.5 Å². The number of methoxy groups -OCH3 is 1. The van der Waals surface area contributed by atoms with Crippen molar-refractivity contribution in [3.8, 4) is 11.1 Å². The topological polar surface area (TPSA) is 91.4 Å². The van der Waals surface area contributed by atoms with Gasteiger partial charge < -0.3 is 24.6 Å². The van der Waals surface area contributed by atoms with E-state index in [1.165, 1.54) is 14.0 Å². The predicted octanol–water partition coefficient (Wildman–Crippen LogP) is 3.87. The molecule has 0 bridgehead atoms. The summed E-state index contributed by atoms with van der Waals surface area (Å²) >= 11 is 0.